The summed E-state index contributed by atoms with van der Waals surface area (Å²) in [4.78, 5) is 38.3. The number of ether oxygens (including phenoxy) is 10. The van der Waals surface area contributed by atoms with Gasteiger partial charge in [0.2, 0.25) is 0 Å². The molecule has 0 aromatic heterocycles. The number of aliphatic hydroxyl groups is 6. The molecule has 25 atom stereocenters. The lowest BCUT2D eigenvalue weighted by Crippen LogP contribution is -2.72. The first-order valence-corrected chi connectivity index (χ1v) is 46.9. The van der Waals surface area contributed by atoms with Gasteiger partial charge in [0.05, 0.1) is 81.9 Å². The van der Waals surface area contributed by atoms with Gasteiger partial charge in [-0.2, -0.15) is 65.9 Å². The molecule has 14 aliphatic rings. The molecule has 6 N–H and O–H groups in total. The van der Waals surface area contributed by atoms with Gasteiger partial charge in [-0.15, -0.1) is 0 Å². The highest BCUT2D eigenvalue weighted by Gasteiger charge is 2.78. The quantitative estimate of drug-likeness (QED) is 0.0169. The van der Waals surface area contributed by atoms with Crippen LogP contribution in [0.3, 0.4) is 0 Å². The van der Waals surface area contributed by atoms with Crippen molar-refractivity contribution in [1.82, 2.24) is 0 Å². The molecule has 25 unspecified atom stereocenters. The number of hydrogen-bond donors (Lipinski definition) is 6. The molecule has 0 radical (unpaired) electrons. The van der Waals surface area contributed by atoms with Crippen molar-refractivity contribution in [2.75, 3.05) is 0 Å². The number of carbonyl (C=O) groups excluding carboxylic acids is 3. The van der Waals surface area contributed by atoms with Crippen molar-refractivity contribution in [3.63, 3.8) is 0 Å². The van der Waals surface area contributed by atoms with Crippen LogP contribution in [0.5, 0.6) is 0 Å². The van der Waals surface area contributed by atoms with E-state index in [-0.39, 0.29) is 35.3 Å². The van der Waals surface area contributed by atoms with E-state index in [4.69, 9.17) is 47.4 Å². The smallest absolute Gasteiger partial charge is 0.419 e. The lowest BCUT2D eigenvalue weighted by atomic mass is 9.36. The van der Waals surface area contributed by atoms with E-state index in [9.17, 15) is 111 Å². The Balaban J connectivity index is 0.000000187. The maximum atomic E-state index is 14.0. The second kappa shape index (κ2) is 36.1. The summed E-state index contributed by atoms with van der Waals surface area (Å²) in [5.41, 5.74) is -24.0. The first-order chi connectivity index (χ1) is 58.8. The van der Waals surface area contributed by atoms with Gasteiger partial charge >= 0.3 is 48.8 Å². The van der Waals surface area contributed by atoms with Crippen LogP contribution in [0, 0.1) is 52.3 Å². The summed E-state index contributed by atoms with van der Waals surface area (Å²) in [6, 6.07) is 0. The third-order valence-electron chi connectivity index (χ3n) is 34.4. The molecule has 2 aliphatic heterocycles. The van der Waals surface area contributed by atoms with Crippen LogP contribution in [-0.2, 0) is 61.8 Å². The molecule has 14 fully saturated rings. The van der Waals surface area contributed by atoms with Crippen molar-refractivity contribution in [2.45, 2.75) is 487 Å². The van der Waals surface area contributed by atoms with Gasteiger partial charge in [-0.05, 0) is 257 Å². The standard InChI is InChI=1S/C34H53F3O6.C31H46F6O6.C30H44F6O7/c1-22(2)26(38)43-31-18-25-16-29(20-31,32(12-8-9-13-32)41-23(3)27(5,6)39)19-30(17-25,21-31)33(14-10-11-15-33)42-24(4)28(7,40)34(35,36)37;1-17(2)25(38)41-22-16-20-15-21(22)24(29(13-9-10-14-29)43-19(4)27(6,40)31(35,36)37)23(20)28(11-7-8-12-28)42-18(3)26(5,39)30(32,33)34;1-16(2)24(37)41-20-15-19-21(27(11-7-8-12-27)42-17(3)25(5,38)29(31,32)33)22(23(20)40-19)28(13-9-10-14-28)43-18(4)26(6,39)30(34,35)36/h23-25,39-40H,1,8-21H2,2-7H3;18-24,39-40H,1,7-16H2,2-6H3;17-23,38-39H,1,7-15H2,2-6H3. The van der Waals surface area contributed by atoms with E-state index >= 15 is 0 Å². The Bertz CT molecular complexity index is 3810. The molecular weight excluding hydrogens is 1730 g/mol. The number of fused-ring (bicyclic) bond motifs is 4. The molecule has 8 bridgehead atoms. The Morgan fingerprint density at radius 2 is 0.651 bits per heavy atom. The molecule has 2 heterocycles. The van der Waals surface area contributed by atoms with E-state index in [0.29, 0.717) is 187 Å². The SMILES string of the molecule is C=C(C)C(=O)OC12CC3CC(C4(OC(C)C(C)(C)O)CCCC4)(C1)CC(C1(OC(C)C(C)(O)C(F)(F)F)CCCC1)(C3)C2.C=C(C)C(=O)OC1CC2CC1C(C1(OC(C)C(C)(O)C(F)(F)F)CCCC1)C2C1(OC(C)C(C)(O)C(F)(F)F)CCCC1.C=C(C)C(=O)OC1CC2OC1C(C1(OC(C)C(C)(O)C(F)(F)F)CCCC1)C2C1(OC(C)C(C)(O)C(F)(F)F)CCCC1. The van der Waals surface area contributed by atoms with Gasteiger partial charge in [-0.25, -0.2) is 14.4 Å². The van der Waals surface area contributed by atoms with Crippen molar-refractivity contribution in [1.29, 1.82) is 0 Å². The van der Waals surface area contributed by atoms with Crippen molar-refractivity contribution in [3.05, 3.63) is 36.5 Å². The number of halogens is 15. The van der Waals surface area contributed by atoms with Crippen molar-refractivity contribution >= 4 is 17.9 Å². The molecule has 34 heteroatoms. The second-order valence-corrected chi connectivity index (χ2v) is 43.7. The minimum absolute atomic E-state index is 0.149. The van der Waals surface area contributed by atoms with Crippen LogP contribution in [0.2, 0.25) is 0 Å². The van der Waals surface area contributed by atoms with Crippen molar-refractivity contribution < 1.29 is 158 Å². The molecule has 14 rings (SSSR count). The van der Waals surface area contributed by atoms with Crippen LogP contribution in [0.4, 0.5) is 65.9 Å². The molecule has 0 aromatic carbocycles. The topological polar surface area (TPSA) is 265 Å². The lowest BCUT2D eigenvalue weighted by molar-refractivity contribution is -0.341. The van der Waals surface area contributed by atoms with Crippen LogP contribution in [0.1, 0.15) is 323 Å². The largest absolute Gasteiger partial charge is 0.459 e. The zero-order chi connectivity index (χ0) is 96.7. The molecule has 12 aliphatic carbocycles. The maximum Gasteiger partial charge on any atom is 0.419 e. The summed E-state index contributed by atoms with van der Waals surface area (Å²) >= 11 is 0. The Morgan fingerprint density at radius 3 is 0.977 bits per heavy atom. The van der Waals surface area contributed by atoms with E-state index in [1.54, 1.807) is 20.8 Å². The van der Waals surface area contributed by atoms with Gasteiger partial charge in [0.25, 0.3) is 0 Å². The van der Waals surface area contributed by atoms with Crippen molar-refractivity contribution in [3.8, 4) is 0 Å². The minimum atomic E-state index is -5.00. The second-order valence-electron chi connectivity index (χ2n) is 43.7. The molecular formula is C95H143F15O19. The molecule has 19 nitrogen and oxygen atoms in total. The summed E-state index contributed by atoms with van der Waals surface area (Å²) in [6.45, 7) is 30.7. The van der Waals surface area contributed by atoms with Gasteiger partial charge in [0.15, 0.2) is 28.0 Å². The zero-order valence-corrected chi connectivity index (χ0v) is 77.9. The first-order valence-electron chi connectivity index (χ1n) is 46.9. The Labute approximate surface area is 749 Å². The number of carbonyl (C=O) groups is 3. The average molecular weight is 1870 g/mol. The normalized spacial score (nSPS) is 35.5. The number of hydrogen-bond acceptors (Lipinski definition) is 19. The van der Waals surface area contributed by atoms with Gasteiger partial charge < -0.3 is 78.0 Å². The average Bonchev–Trinajstić information content (AvgIpc) is 1.56. The molecule has 0 amide bonds. The van der Waals surface area contributed by atoms with Crippen LogP contribution >= 0.6 is 0 Å². The van der Waals surface area contributed by atoms with Crippen LogP contribution in [0.15, 0.2) is 36.5 Å². The lowest BCUT2D eigenvalue weighted by Gasteiger charge is -2.72. The van der Waals surface area contributed by atoms with E-state index in [1.165, 1.54) is 41.5 Å². The Kier molecular flexibility index (Phi) is 29.5. The maximum absolute atomic E-state index is 14.0. The Morgan fingerprint density at radius 1 is 0.357 bits per heavy atom. The first kappa shape index (κ1) is 106. The predicted octanol–water partition coefficient (Wildman–Crippen LogP) is 20.1. The van der Waals surface area contributed by atoms with E-state index in [0.717, 1.165) is 65.2 Å². The summed E-state index contributed by atoms with van der Waals surface area (Å²) in [5, 5.41) is 63.6. The summed E-state index contributed by atoms with van der Waals surface area (Å²) < 4.78 is 272. The fraction of sp³-hybridized carbons (Fsp3) is 0.905. The van der Waals surface area contributed by atoms with Crippen molar-refractivity contribution in [2.24, 2.45) is 52.3 Å². The molecule has 742 valence electrons. The van der Waals surface area contributed by atoms with Gasteiger partial charge in [-0.1, -0.05) is 96.8 Å². The van der Waals surface area contributed by atoms with E-state index < -0.39 is 217 Å². The number of rotatable bonds is 30. The monoisotopic (exact) mass is 1870 g/mol. The Hall–Kier alpha value is -3.94. The highest BCUT2D eigenvalue weighted by molar-refractivity contribution is 5.88. The minimum Gasteiger partial charge on any atom is -0.459 e. The fourth-order valence-electron chi connectivity index (χ4n) is 26.7. The van der Waals surface area contributed by atoms with Gasteiger partial charge in [-0.3, -0.25) is 0 Å². The van der Waals surface area contributed by atoms with E-state index in [1.807, 2.05) is 6.92 Å². The highest BCUT2D eigenvalue weighted by atomic mass is 19.4. The molecule has 129 heavy (non-hydrogen) atoms. The van der Waals surface area contributed by atoms with Crippen LogP contribution in [-0.4, -0.2) is 213 Å². The van der Waals surface area contributed by atoms with Crippen LogP contribution in [0.25, 0.3) is 0 Å². The number of esters is 3. The molecule has 0 spiro atoms. The zero-order valence-electron chi connectivity index (χ0n) is 77.9. The molecule has 0 aromatic rings. The van der Waals surface area contributed by atoms with Gasteiger partial charge in [0, 0.05) is 57.6 Å². The summed E-state index contributed by atoms with van der Waals surface area (Å²) in [5.74, 6) is -4.26. The predicted molar refractivity (Wildman–Crippen MR) is 443 cm³/mol. The summed E-state index contributed by atoms with van der Waals surface area (Å²) in [6.07, 6.45) is -16.1. The van der Waals surface area contributed by atoms with Crippen LogP contribution < -0.4 is 0 Å². The fourth-order valence-corrected chi connectivity index (χ4v) is 26.7. The summed E-state index contributed by atoms with van der Waals surface area (Å²) in [7, 11) is 0. The number of alkyl halides is 15. The van der Waals surface area contributed by atoms with Gasteiger partial charge in [0.1, 0.15) is 23.9 Å². The highest BCUT2D eigenvalue weighted by Crippen LogP contribution is 2.78. The molecule has 12 saturated carbocycles. The third-order valence-corrected chi connectivity index (χ3v) is 34.4. The van der Waals surface area contributed by atoms with E-state index in [2.05, 4.69) is 19.7 Å². The third kappa shape index (κ3) is 19.4. The molecule has 2 saturated heterocycles.